The molecule has 0 spiro atoms. The van der Waals surface area contributed by atoms with Gasteiger partial charge in [0.05, 0.1) is 0 Å². The van der Waals surface area contributed by atoms with Gasteiger partial charge in [-0.25, -0.2) is 4.39 Å². The van der Waals surface area contributed by atoms with E-state index in [1.807, 2.05) is 6.26 Å². The van der Waals surface area contributed by atoms with Crippen molar-refractivity contribution in [2.75, 3.05) is 18.6 Å². The molecule has 0 saturated carbocycles. The molecule has 1 amide bonds. The maximum absolute atomic E-state index is 13.5. The van der Waals surface area contributed by atoms with Crippen LogP contribution in [0.4, 0.5) is 4.39 Å². The number of primary amides is 1. The molecular weight excluding hydrogens is 227 g/mol. The van der Waals surface area contributed by atoms with Gasteiger partial charge in [-0.15, -0.1) is 0 Å². The molecule has 0 aromatic heterocycles. The van der Waals surface area contributed by atoms with Crippen molar-refractivity contribution in [3.05, 3.63) is 35.1 Å². The number of hydrogen-bond acceptors (Lipinski definition) is 3. The molecule has 0 aliphatic rings. The Hall–Kier alpha value is -1.07. The third-order valence-corrected chi connectivity index (χ3v) is 2.75. The monoisotopic (exact) mass is 242 g/mol. The Morgan fingerprint density at radius 3 is 2.88 bits per heavy atom. The number of nitrogens with one attached hydrogen (secondary N) is 1. The molecule has 5 heteroatoms. The van der Waals surface area contributed by atoms with Gasteiger partial charge in [0.25, 0.3) is 0 Å². The van der Waals surface area contributed by atoms with Crippen molar-refractivity contribution in [3.63, 3.8) is 0 Å². The summed E-state index contributed by atoms with van der Waals surface area (Å²) < 4.78 is 13.5. The summed E-state index contributed by atoms with van der Waals surface area (Å²) in [7, 11) is 0. The summed E-state index contributed by atoms with van der Waals surface area (Å²) in [6, 6.07) is 4.30. The van der Waals surface area contributed by atoms with E-state index in [0.717, 1.165) is 12.3 Å². The lowest BCUT2D eigenvalue weighted by atomic mass is 10.1. The second kappa shape index (κ2) is 6.50. The minimum absolute atomic E-state index is 0.199. The SMILES string of the molecule is CSCCNCc1ccc(C(N)=O)cc1F. The number of halogens is 1. The first kappa shape index (κ1) is 13.0. The molecule has 88 valence electrons. The molecule has 0 aliphatic carbocycles. The Morgan fingerprint density at radius 2 is 2.31 bits per heavy atom. The molecule has 1 aromatic rings. The molecule has 1 aromatic carbocycles. The van der Waals surface area contributed by atoms with Crippen LogP contribution in [0.3, 0.4) is 0 Å². The molecule has 0 unspecified atom stereocenters. The first-order valence-electron chi connectivity index (χ1n) is 4.93. The molecule has 0 heterocycles. The molecule has 1 rings (SSSR count). The summed E-state index contributed by atoms with van der Waals surface area (Å²) in [5.41, 5.74) is 5.80. The van der Waals surface area contributed by atoms with Crippen LogP contribution in [-0.2, 0) is 6.54 Å². The van der Waals surface area contributed by atoms with Crippen LogP contribution >= 0.6 is 11.8 Å². The molecule has 0 radical (unpaired) electrons. The zero-order chi connectivity index (χ0) is 12.0. The van der Waals surface area contributed by atoms with Crippen molar-refractivity contribution in [3.8, 4) is 0 Å². The molecule has 0 bridgehead atoms. The van der Waals surface area contributed by atoms with E-state index in [0.29, 0.717) is 12.1 Å². The smallest absolute Gasteiger partial charge is 0.248 e. The molecule has 0 aliphatic heterocycles. The van der Waals surface area contributed by atoms with Gasteiger partial charge >= 0.3 is 0 Å². The average molecular weight is 242 g/mol. The maximum Gasteiger partial charge on any atom is 0.248 e. The number of carbonyl (C=O) groups is 1. The Labute approximate surface area is 98.6 Å². The summed E-state index contributed by atoms with van der Waals surface area (Å²) in [5.74, 6) is -0.0187. The van der Waals surface area contributed by atoms with Crippen LogP contribution in [0.1, 0.15) is 15.9 Å². The van der Waals surface area contributed by atoms with E-state index in [1.165, 1.54) is 12.1 Å². The normalized spacial score (nSPS) is 10.4. The molecule has 16 heavy (non-hydrogen) atoms. The van der Waals surface area contributed by atoms with E-state index in [9.17, 15) is 9.18 Å². The van der Waals surface area contributed by atoms with Gasteiger partial charge < -0.3 is 11.1 Å². The van der Waals surface area contributed by atoms with Crippen LogP contribution < -0.4 is 11.1 Å². The van der Waals surface area contributed by atoms with Crippen LogP contribution in [0.5, 0.6) is 0 Å². The van der Waals surface area contributed by atoms with Crippen molar-refractivity contribution in [2.24, 2.45) is 5.73 Å². The molecular formula is C11H15FN2OS. The van der Waals surface area contributed by atoms with Gasteiger partial charge in [-0.1, -0.05) is 6.07 Å². The fourth-order valence-corrected chi connectivity index (χ4v) is 1.59. The standard InChI is InChI=1S/C11H15FN2OS/c1-16-5-4-14-7-9-3-2-8(11(13)15)6-10(9)12/h2-3,6,14H,4-5,7H2,1H3,(H2,13,15). The summed E-state index contributed by atoms with van der Waals surface area (Å²) in [4.78, 5) is 10.8. The van der Waals surface area contributed by atoms with Crippen molar-refractivity contribution in [2.45, 2.75) is 6.54 Å². The van der Waals surface area contributed by atoms with E-state index < -0.39 is 11.7 Å². The summed E-state index contributed by atoms with van der Waals surface area (Å²) in [6.07, 6.45) is 2.02. The van der Waals surface area contributed by atoms with Gasteiger partial charge in [-0.3, -0.25) is 4.79 Å². The molecule has 0 atom stereocenters. The lowest BCUT2D eigenvalue weighted by molar-refractivity contribution is 0.1000. The topological polar surface area (TPSA) is 55.1 Å². The predicted molar refractivity (Wildman–Crippen MR) is 65.0 cm³/mol. The van der Waals surface area contributed by atoms with Gasteiger partial charge in [0.15, 0.2) is 0 Å². The number of hydrogen-bond donors (Lipinski definition) is 2. The van der Waals surface area contributed by atoms with E-state index in [1.54, 1.807) is 17.8 Å². The summed E-state index contributed by atoms with van der Waals surface area (Å²) >= 11 is 1.73. The van der Waals surface area contributed by atoms with Crippen molar-refractivity contribution >= 4 is 17.7 Å². The lowest BCUT2D eigenvalue weighted by Gasteiger charge is -2.06. The van der Waals surface area contributed by atoms with Gasteiger partial charge in [0.1, 0.15) is 5.82 Å². The fourth-order valence-electron chi connectivity index (χ4n) is 1.24. The Bertz CT molecular complexity index is 371. The highest BCUT2D eigenvalue weighted by Crippen LogP contribution is 2.10. The van der Waals surface area contributed by atoms with Crippen molar-refractivity contribution < 1.29 is 9.18 Å². The molecule has 0 saturated heterocycles. The van der Waals surface area contributed by atoms with Crippen molar-refractivity contribution in [1.82, 2.24) is 5.32 Å². The summed E-state index contributed by atoms with van der Waals surface area (Å²) in [5, 5.41) is 3.12. The first-order valence-corrected chi connectivity index (χ1v) is 6.32. The third-order valence-electron chi connectivity index (χ3n) is 2.14. The summed E-state index contributed by atoms with van der Waals surface area (Å²) in [6.45, 7) is 1.30. The third kappa shape index (κ3) is 3.83. The Morgan fingerprint density at radius 1 is 1.56 bits per heavy atom. The average Bonchev–Trinajstić information content (AvgIpc) is 2.26. The minimum atomic E-state index is -0.610. The predicted octanol–water partition coefficient (Wildman–Crippen LogP) is 1.38. The van der Waals surface area contributed by atoms with E-state index in [2.05, 4.69) is 5.32 Å². The van der Waals surface area contributed by atoms with Crippen LogP contribution in [0, 0.1) is 5.82 Å². The van der Waals surface area contributed by atoms with Crippen LogP contribution in [0.2, 0.25) is 0 Å². The number of thioether (sulfide) groups is 1. The number of nitrogens with two attached hydrogens (primary N) is 1. The second-order valence-corrected chi connectivity index (χ2v) is 4.33. The quantitative estimate of drug-likeness (QED) is 0.741. The van der Waals surface area contributed by atoms with E-state index in [-0.39, 0.29) is 5.56 Å². The Kier molecular flexibility index (Phi) is 5.28. The fraction of sp³-hybridized carbons (Fsp3) is 0.364. The molecule has 3 nitrogen and oxygen atoms in total. The largest absolute Gasteiger partial charge is 0.366 e. The van der Waals surface area contributed by atoms with Gasteiger partial charge in [0.2, 0.25) is 5.91 Å². The number of rotatable bonds is 6. The second-order valence-electron chi connectivity index (χ2n) is 3.34. The number of amides is 1. The minimum Gasteiger partial charge on any atom is -0.366 e. The molecule has 3 N–H and O–H groups in total. The van der Waals surface area contributed by atoms with E-state index in [4.69, 9.17) is 5.73 Å². The maximum atomic E-state index is 13.5. The van der Waals surface area contributed by atoms with Crippen LogP contribution in [0.25, 0.3) is 0 Å². The number of carbonyl (C=O) groups excluding carboxylic acids is 1. The highest BCUT2D eigenvalue weighted by atomic mass is 32.2. The highest BCUT2D eigenvalue weighted by molar-refractivity contribution is 7.98. The first-order chi connectivity index (χ1) is 7.65. The zero-order valence-electron chi connectivity index (χ0n) is 9.13. The van der Waals surface area contributed by atoms with Gasteiger partial charge in [0, 0.05) is 30.0 Å². The van der Waals surface area contributed by atoms with E-state index >= 15 is 0 Å². The van der Waals surface area contributed by atoms with Gasteiger partial charge in [-0.2, -0.15) is 11.8 Å². The highest BCUT2D eigenvalue weighted by Gasteiger charge is 2.06. The Balaban J connectivity index is 2.57. The molecule has 0 fully saturated rings. The van der Waals surface area contributed by atoms with Crippen LogP contribution in [-0.4, -0.2) is 24.5 Å². The lowest BCUT2D eigenvalue weighted by Crippen LogP contribution is -2.18. The van der Waals surface area contributed by atoms with Crippen molar-refractivity contribution in [1.29, 1.82) is 0 Å². The zero-order valence-corrected chi connectivity index (χ0v) is 9.94. The number of benzene rings is 1. The van der Waals surface area contributed by atoms with Gasteiger partial charge in [-0.05, 0) is 18.4 Å². The van der Waals surface area contributed by atoms with Crippen LogP contribution in [0.15, 0.2) is 18.2 Å².